The standard InChI is InChI=1S/C7H16N2O/c1-7(2,3)4-5(8)6(9)10/h5H,4,8H2,1-3H3,(H2,9,10)/t5-/m0/s1. The lowest BCUT2D eigenvalue weighted by molar-refractivity contribution is -0.119. The van der Waals surface area contributed by atoms with Crippen molar-refractivity contribution in [2.45, 2.75) is 33.2 Å². The molecular weight excluding hydrogens is 128 g/mol. The molecule has 0 radical (unpaired) electrons. The van der Waals surface area contributed by atoms with E-state index in [1.165, 1.54) is 0 Å². The highest BCUT2D eigenvalue weighted by atomic mass is 16.1. The number of hydrogen-bond acceptors (Lipinski definition) is 2. The van der Waals surface area contributed by atoms with Crippen LogP contribution in [-0.4, -0.2) is 11.9 Å². The van der Waals surface area contributed by atoms with Crippen LogP contribution in [0.25, 0.3) is 0 Å². The van der Waals surface area contributed by atoms with Gasteiger partial charge in [0, 0.05) is 0 Å². The lowest BCUT2D eigenvalue weighted by atomic mass is 9.88. The number of rotatable bonds is 2. The lowest BCUT2D eigenvalue weighted by Crippen LogP contribution is -2.39. The summed E-state index contributed by atoms with van der Waals surface area (Å²) in [7, 11) is 0. The lowest BCUT2D eigenvalue weighted by Gasteiger charge is -2.20. The van der Waals surface area contributed by atoms with Crippen molar-refractivity contribution in [3.8, 4) is 0 Å². The van der Waals surface area contributed by atoms with Gasteiger partial charge in [0.05, 0.1) is 6.04 Å². The number of primary amides is 1. The van der Waals surface area contributed by atoms with Gasteiger partial charge in [-0.25, -0.2) is 0 Å². The van der Waals surface area contributed by atoms with Gasteiger partial charge < -0.3 is 11.5 Å². The maximum absolute atomic E-state index is 10.5. The summed E-state index contributed by atoms with van der Waals surface area (Å²) in [5.41, 5.74) is 10.5. The van der Waals surface area contributed by atoms with Gasteiger partial charge in [-0.2, -0.15) is 0 Å². The van der Waals surface area contributed by atoms with Crippen molar-refractivity contribution in [1.82, 2.24) is 0 Å². The second kappa shape index (κ2) is 3.01. The average Bonchev–Trinajstić information content (AvgIpc) is 1.60. The third-order valence-corrected chi connectivity index (χ3v) is 1.20. The predicted octanol–water partition coefficient (Wildman–Crippen LogP) is 0.235. The molecule has 0 rings (SSSR count). The van der Waals surface area contributed by atoms with Gasteiger partial charge in [0.1, 0.15) is 0 Å². The highest BCUT2D eigenvalue weighted by Gasteiger charge is 2.18. The second-order valence-corrected chi connectivity index (χ2v) is 3.77. The van der Waals surface area contributed by atoms with Crippen molar-refractivity contribution in [2.24, 2.45) is 16.9 Å². The molecule has 0 spiro atoms. The van der Waals surface area contributed by atoms with Crippen LogP contribution in [0, 0.1) is 5.41 Å². The van der Waals surface area contributed by atoms with Gasteiger partial charge in [-0.3, -0.25) is 4.79 Å². The van der Waals surface area contributed by atoms with E-state index in [0.29, 0.717) is 6.42 Å². The first-order valence-corrected chi connectivity index (χ1v) is 3.38. The van der Waals surface area contributed by atoms with E-state index >= 15 is 0 Å². The highest BCUT2D eigenvalue weighted by molar-refractivity contribution is 5.79. The monoisotopic (exact) mass is 144 g/mol. The van der Waals surface area contributed by atoms with Crippen molar-refractivity contribution in [1.29, 1.82) is 0 Å². The molecule has 0 aromatic heterocycles. The molecule has 3 heteroatoms. The maximum Gasteiger partial charge on any atom is 0.234 e. The van der Waals surface area contributed by atoms with Crippen LogP contribution < -0.4 is 11.5 Å². The number of hydrogen-bond donors (Lipinski definition) is 2. The number of carbonyl (C=O) groups excluding carboxylic acids is 1. The zero-order valence-electron chi connectivity index (χ0n) is 6.85. The molecular formula is C7H16N2O. The molecule has 4 N–H and O–H groups in total. The van der Waals surface area contributed by atoms with Crippen molar-refractivity contribution >= 4 is 5.91 Å². The average molecular weight is 144 g/mol. The quantitative estimate of drug-likeness (QED) is 0.582. The molecule has 3 nitrogen and oxygen atoms in total. The second-order valence-electron chi connectivity index (χ2n) is 3.77. The minimum atomic E-state index is -0.500. The fraction of sp³-hybridized carbons (Fsp3) is 0.857. The molecule has 0 fully saturated rings. The van der Waals surface area contributed by atoms with E-state index < -0.39 is 11.9 Å². The van der Waals surface area contributed by atoms with Crippen LogP contribution in [0.2, 0.25) is 0 Å². The Kier molecular flexibility index (Phi) is 2.84. The van der Waals surface area contributed by atoms with E-state index in [9.17, 15) is 4.79 Å². The Morgan fingerprint density at radius 3 is 2.00 bits per heavy atom. The first kappa shape index (κ1) is 9.43. The first-order valence-electron chi connectivity index (χ1n) is 3.38. The Labute approximate surface area is 61.8 Å². The van der Waals surface area contributed by atoms with Gasteiger partial charge in [0.15, 0.2) is 0 Å². The molecule has 0 aliphatic rings. The van der Waals surface area contributed by atoms with Gasteiger partial charge in [-0.05, 0) is 11.8 Å². The molecule has 60 valence electrons. The molecule has 1 amide bonds. The number of nitrogens with two attached hydrogens (primary N) is 2. The molecule has 0 aromatic rings. The summed E-state index contributed by atoms with van der Waals surface area (Å²) < 4.78 is 0. The van der Waals surface area contributed by atoms with E-state index in [1.807, 2.05) is 20.8 Å². The van der Waals surface area contributed by atoms with Gasteiger partial charge in [-0.15, -0.1) is 0 Å². The van der Waals surface area contributed by atoms with Gasteiger partial charge in [0.25, 0.3) is 0 Å². The molecule has 0 aliphatic carbocycles. The Bertz CT molecular complexity index is 126. The van der Waals surface area contributed by atoms with Crippen LogP contribution in [0.1, 0.15) is 27.2 Å². The van der Waals surface area contributed by atoms with E-state index in [4.69, 9.17) is 11.5 Å². The van der Waals surface area contributed by atoms with Crippen molar-refractivity contribution in [3.05, 3.63) is 0 Å². The summed E-state index contributed by atoms with van der Waals surface area (Å²) in [6.45, 7) is 6.07. The maximum atomic E-state index is 10.5. The number of amides is 1. The molecule has 1 atom stereocenters. The zero-order chi connectivity index (χ0) is 8.36. The van der Waals surface area contributed by atoms with Crippen molar-refractivity contribution < 1.29 is 4.79 Å². The van der Waals surface area contributed by atoms with Gasteiger partial charge in [0.2, 0.25) is 5.91 Å². The fourth-order valence-corrected chi connectivity index (χ4v) is 0.760. The molecule has 10 heavy (non-hydrogen) atoms. The molecule has 0 saturated carbocycles. The van der Waals surface area contributed by atoms with Crippen LogP contribution in [0.15, 0.2) is 0 Å². The van der Waals surface area contributed by atoms with Crippen LogP contribution in [0.5, 0.6) is 0 Å². The minimum Gasteiger partial charge on any atom is -0.368 e. The third kappa shape index (κ3) is 4.32. The Balaban J connectivity index is 3.80. The summed E-state index contributed by atoms with van der Waals surface area (Å²) in [6, 6.07) is -0.500. The zero-order valence-corrected chi connectivity index (χ0v) is 6.85. The summed E-state index contributed by atoms with van der Waals surface area (Å²) >= 11 is 0. The van der Waals surface area contributed by atoms with E-state index in [0.717, 1.165) is 0 Å². The highest BCUT2D eigenvalue weighted by Crippen LogP contribution is 2.19. The summed E-state index contributed by atoms with van der Waals surface area (Å²) in [5.74, 6) is -0.421. The summed E-state index contributed by atoms with van der Waals surface area (Å²) in [5, 5.41) is 0. The smallest absolute Gasteiger partial charge is 0.234 e. The normalized spacial score (nSPS) is 14.8. The summed E-state index contributed by atoms with van der Waals surface area (Å²) in [4.78, 5) is 10.5. The van der Waals surface area contributed by atoms with Crippen LogP contribution >= 0.6 is 0 Å². The summed E-state index contributed by atoms with van der Waals surface area (Å²) in [6.07, 6.45) is 0.641. The van der Waals surface area contributed by atoms with Crippen LogP contribution in [0.3, 0.4) is 0 Å². The van der Waals surface area contributed by atoms with Crippen molar-refractivity contribution in [2.75, 3.05) is 0 Å². The van der Waals surface area contributed by atoms with Crippen molar-refractivity contribution in [3.63, 3.8) is 0 Å². The fourth-order valence-electron chi connectivity index (χ4n) is 0.760. The minimum absolute atomic E-state index is 0.0778. The molecule has 0 unspecified atom stereocenters. The van der Waals surface area contributed by atoms with Gasteiger partial charge >= 0.3 is 0 Å². The van der Waals surface area contributed by atoms with Crippen LogP contribution in [-0.2, 0) is 4.79 Å². The van der Waals surface area contributed by atoms with Crippen LogP contribution in [0.4, 0.5) is 0 Å². The third-order valence-electron chi connectivity index (χ3n) is 1.20. The Hall–Kier alpha value is -0.570. The Morgan fingerprint density at radius 1 is 1.50 bits per heavy atom. The SMILES string of the molecule is CC(C)(C)C[C@H](N)C(N)=O. The Morgan fingerprint density at radius 2 is 1.90 bits per heavy atom. The van der Waals surface area contributed by atoms with E-state index in [2.05, 4.69) is 0 Å². The van der Waals surface area contributed by atoms with E-state index in [-0.39, 0.29) is 5.41 Å². The van der Waals surface area contributed by atoms with E-state index in [1.54, 1.807) is 0 Å². The molecule has 0 heterocycles. The molecule has 0 aliphatic heterocycles. The largest absolute Gasteiger partial charge is 0.368 e. The topological polar surface area (TPSA) is 69.1 Å². The van der Waals surface area contributed by atoms with Gasteiger partial charge in [-0.1, -0.05) is 20.8 Å². The first-order chi connectivity index (χ1) is 4.33. The molecule has 0 aromatic carbocycles. The predicted molar refractivity (Wildman–Crippen MR) is 41.2 cm³/mol. The molecule has 0 bridgehead atoms. The molecule has 0 saturated heterocycles. The number of carbonyl (C=O) groups is 1.